The Hall–Kier alpha value is -1.62. The molecular formula is C8H6N2O2S. The maximum atomic E-state index is 11.3. The monoisotopic (exact) mass is 194 g/mol. The van der Waals surface area contributed by atoms with E-state index in [1.54, 1.807) is 0 Å². The van der Waals surface area contributed by atoms with E-state index in [4.69, 9.17) is 0 Å². The molecule has 5 heteroatoms. The van der Waals surface area contributed by atoms with Crippen LogP contribution in [0.3, 0.4) is 0 Å². The highest BCUT2D eigenvalue weighted by Crippen LogP contribution is 2.10. The normalized spacial score (nSPS) is 10.2. The van der Waals surface area contributed by atoms with E-state index in [-0.39, 0.29) is 5.56 Å². The van der Waals surface area contributed by atoms with Crippen molar-refractivity contribution in [1.29, 1.82) is 0 Å². The summed E-state index contributed by atoms with van der Waals surface area (Å²) in [5.41, 5.74) is -0.784. The van der Waals surface area contributed by atoms with Gasteiger partial charge in [0.2, 0.25) is 0 Å². The molecule has 66 valence electrons. The van der Waals surface area contributed by atoms with E-state index in [1.165, 1.54) is 28.2 Å². The Morgan fingerprint density at radius 3 is 2.77 bits per heavy atom. The van der Waals surface area contributed by atoms with Gasteiger partial charge in [0.1, 0.15) is 5.00 Å². The summed E-state index contributed by atoms with van der Waals surface area (Å²) in [5.74, 6) is 0. The summed E-state index contributed by atoms with van der Waals surface area (Å²) in [7, 11) is 0. The molecule has 2 rings (SSSR count). The summed E-state index contributed by atoms with van der Waals surface area (Å²) in [4.78, 5) is 24.2. The zero-order valence-electron chi connectivity index (χ0n) is 6.56. The minimum Gasteiger partial charge on any atom is -0.274 e. The number of nitrogens with one attached hydrogen (secondary N) is 1. The first-order valence-corrected chi connectivity index (χ1v) is 4.51. The highest BCUT2D eigenvalue weighted by Gasteiger charge is 1.98. The van der Waals surface area contributed by atoms with Crippen molar-refractivity contribution in [2.75, 3.05) is 0 Å². The Labute approximate surface area is 77.1 Å². The Bertz CT molecular complexity index is 509. The van der Waals surface area contributed by atoms with Crippen molar-refractivity contribution in [2.45, 2.75) is 0 Å². The third kappa shape index (κ3) is 1.46. The Morgan fingerprint density at radius 2 is 2.15 bits per heavy atom. The van der Waals surface area contributed by atoms with Gasteiger partial charge in [-0.05, 0) is 17.5 Å². The lowest BCUT2D eigenvalue weighted by atomic mass is 10.6. The highest BCUT2D eigenvalue weighted by molar-refractivity contribution is 7.12. The van der Waals surface area contributed by atoms with Crippen molar-refractivity contribution in [3.05, 3.63) is 50.6 Å². The van der Waals surface area contributed by atoms with Gasteiger partial charge in [0.25, 0.3) is 5.56 Å². The summed E-state index contributed by atoms with van der Waals surface area (Å²) < 4.78 is 1.39. The quantitative estimate of drug-likeness (QED) is 0.722. The van der Waals surface area contributed by atoms with Crippen molar-refractivity contribution in [2.24, 2.45) is 0 Å². The summed E-state index contributed by atoms with van der Waals surface area (Å²) >= 11 is 1.44. The number of hydrogen-bond acceptors (Lipinski definition) is 3. The zero-order valence-corrected chi connectivity index (χ0v) is 7.38. The fourth-order valence-electron chi connectivity index (χ4n) is 0.998. The summed E-state index contributed by atoms with van der Waals surface area (Å²) in [6.45, 7) is 0. The number of aromatic nitrogens is 2. The number of aromatic amines is 1. The van der Waals surface area contributed by atoms with E-state index in [9.17, 15) is 9.59 Å². The lowest BCUT2D eigenvalue weighted by Gasteiger charge is -1.98. The summed E-state index contributed by atoms with van der Waals surface area (Å²) in [6.07, 6.45) is 1.47. The first kappa shape index (κ1) is 8.00. The van der Waals surface area contributed by atoms with Crippen molar-refractivity contribution in [3.63, 3.8) is 0 Å². The molecule has 2 aromatic rings. The molecule has 0 saturated carbocycles. The largest absolute Gasteiger partial charge is 0.333 e. The predicted octanol–water partition coefficient (Wildman–Crippen LogP) is 0.587. The van der Waals surface area contributed by atoms with Crippen LogP contribution >= 0.6 is 11.3 Å². The lowest BCUT2D eigenvalue weighted by Crippen LogP contribution is -2.26. The molecule has 0 aliphatic carbocycles. The van der Waals surface area contributed by atoms with Gasteiger partial charge in [-0.15, -0.1) is 11.3 Å². The predicted molar refractivity (Wildman–Crippen MR) is 50.5 cm³/mol. The molecule has 0 spiro atoms. The van der Waals surface area contributed by atoms with Gasteiger partial charge in [0.15, 0.2) is 0 Å². The van der Waals surface area contributed by atoms with Crippen molar-refractivity contribution in [1.82, 2.24) is 9.55 Å². The molecule has 2 heterocycles. The summed E-state index contributed by atoms with van der Waals surface area (Å²) in [6, 6.07) is 4.98. The number of hydrogen-bond donors (Lipinski definition) is 1. The minimum absolute atomic E-state index is 0.377. The maximum Gasteiger partial charge on any atom is 0.333 e. The van der Waals surface area contributed by atoms with Crippen LogP contribution in [0.25, 0.3) is 5.00 Å². The van der Waals surface area contributed by atoms with Gasteiger partial charge in [-0.25, -0.2) is 4.79 Å². The molecule has 0 bridgehead atoms. The molecule has 0 atom stereocenters. The molecular weight excluding hydrogens is 188 g/mol. The summed E-state index contributed by atoms with van der Waals surface area (Å²) in [5, 5.41) is 2.66. The molecule has 1 N–H and O–H groups in total. The minimum atomic E-state index is -0.407. The highest BCUT2D eigenvalue weighted by atomic mass is 32.1. The van der Waals surface area contributed by atoms with Crippen molar-refractivity contribution >= 4 is 11.3 Å². The second-order valence-corrected chi connectivity index (χ2v) is 3.36. The molecule has 2 aromatic heterocycles. The second kappa shape index (κ2) is 3.02. The molecule has 0 amide bonds. The van der Waals surface area contributed by atoms with Crippen LogP contribution < -0.4 is 11.2 Å². The van der Waals surface area contributed by atoms with Crippen LogP contribution in [0.1, 0.15) is 0 Å². The Balaban J connectivity index is 2.67. The topological polar surface area (TPSA) is 54.9 Å². The van der Waals surface area contributed by atoms with Crippen LogP contribution in [0.4, 0.5) is 0 Å². The van der Waals surface area contributed by atoms with Gasteiger partial charge in [-0.3, -0.25) is 14.3 Å². The van der Waals surface area contributed by atoms with Crippen LogP contribution in [0.15, 0.2) is 39.4 Å². The third-order valence-corrected chi connectivity index (χ3v) is 2.43. The fraction of sp³-hybridized carbons (Fsp3) is 0. The molecule has 0 aliphatic rings. The van der Waals surface area contributed by atoms with Crippen LogP contribution in [0.5, 0.6) is 0 Å². The fourth-order valence-corrected chi connectivity index (χ4v) is 1.71. The average molecular weight is 194 g/mol. The van der Waals surface area contributed by atoms with Crippen LogP contribution in [0, 0.1) is 0 Å². The smallest absolute Gasteiger partial charge is 0.274 e. The van der Waals surface area contributed by atoms with Crippen molar-refractivity contribution in [3.8, 4) is 5.00 Å². The van der Waals surface area contributed by atoms with E-state index in [0.29, 0.717) is 0 Å². The van der Waals surface area contributed by atoms with Crippen LogP contribution in [-0.4, -0.2) is 9.55 Å². The Kier molecular flexibility index (Phi) is 1.86. The van der Waals surface area contributed by atoms with Crippen LogP contribution in [0.2, 0.25) is 0 Å². The average Bonchev–Trinajstić information content (AvgIpc) is 2.56. The van der Waals surface area contributed by atoms with E-state index >= 15 is 0 Å². The molecule has 0 saturated heterocycles. The molecule has 0 aliphatic heterocycles. The second-order valence-electron chi connectivity index (χ2n) is 2.43. The number of nitrogens with zero attached hydrogens (tertiary/aromatic N) is 1. The van der Waals surface area contributed by atoms with Gasteiger partial charge < -0.3 is 0 Å². The standard InChI is InChI=1S/C8H6N2O2S/c11-6-3-4-10(8(12)9-6)7-2-1-5-13-7/h1-5H,(H,9,11,12). The van der Waals surface area contributed by atoms with Crippen molar-refractivity contribution < 1.29 is 0 Å². The number of rotatable bonds is 1. The molecule has 0 aromatic carbocycles. The van der Waals surface area contributed by atoms with Gasteiger partial charge in [-0.2, -0.15) is 0 Å². The molecule has 0 fully saturated rings. The first-order chi connectivity index (χ1) is 6.27. The van der Waals surface area contributed by atoms with E-state index in [0.717, 1.165) is 5.00 Å². The van der Waals surface area contributed by atoms with E-state index in [1.807, 2.05) is 17.5 Å². The Morgan fingerprint density at radius 1 is 1.31 bits per heavy atom. The van der Waals surface area contributed by atoms with Gasteiger partial charge in [-0.1, -0.05) is 0 Å². The van der Waals surface area contributed by atoms with Gasteiger partial charge in [0.05, 0.1) is 0 Å². The first-order valence-electron chi connectivity index (χ1n) is 3.63. The number of thiophene rings is 1. The van der Waals surface area contributed by atoms with E-state index in [2.05, 4.69) is 4.98 Å². The number of H-pyrrole nitrogens is 1. The third-order valence-electron chi connectivity index (χ3n) is 1.57. The van der Waals surface area contributed by atoms with Gasteiger partial charge in [0, 0.05) is 12.3 Å². The van der Waals surface area contributed by atoms with E-state index < -0.39 is 5.69 Å². The lowest BCUT2D eigenvalue weighted by molar-refractivity contribution is 0.910. The molecule has 4 nitrogen and oxygen atoms in total. The molecule has 13 heavy (non-hydrogen) atoms. The molecule has 0 unspecified atom stereocenters. The van der Waals surface area contributed by atoms with Crippen LogP contribution in [-0.2, 0) is 0 Å². The maximum absolute atomic E-state index is 11.3. The SMILES string of the molecule is O=c1ccn(-c2cccs2)c(=O)[nH]1. The molecule has 0 radical (unpaired) electrons. The zero-order chi connectivity index (χ0) is 9.26. The van der Waals surface area contributed by atoms with Gasteiger partial charge >= 0.3 is 5.69 Å².